The van der Waals surface area contributed by atoms with Crippen LogP contribution in [0.1, 0.15) is 13.3 Å². The van der Waals surface area contributed by atoms with E-state index in [9.17, 15) is 18.0 Å². The largest absolute Gasteiger partial charge is 0.495 e. The van der Waals surface area contributed by atoms with Crippen molar-refractivity contribution in [3.8, 4) is 5.75 Å². The SMILES string of the molecule is COc1ccccc1S(=O)(=O)N1CC[C@@H]2[C@H]1C(=O)N(C)[C@@H](C)C(=O)N2C. The normalized spacial score (nSPS) is 27.5. The van der Waals surface area contributed by atoms with E-state index in [1.54, 1.807) is 32.2 Å². The van der Waals surface area contributed by atoms with Crippen LogP contribution in [0.3, 0.4) is 0 Å². The molecular weight excluding hydrogens is 358 g/mol. The summed E-state index contributed by atoms with van der Waals surface area (Å²) in [6, 6.07) is 4.28. The number of hydrogen-bond acceptors (Lipinski definition) is 5. The van der Waals surface area contributed by atoms with Crippen molar-refractivity contribution in [1.82, 2.24) is 14.1 Å². The van der Waals surface area contributed by atoms with Gasteiger partial charge in [-0.1, -0.05) is 12.1 Å². The number of fused-ring (bicyclic) bond motifs is 1. The number of carbonyl (C=O) groups excluding carboxylic acids is 2. The molecular formula is C17H23N3O5S. The van der Waals surface area contributed by atoms with Gasteiger partial charge in [0.1, 0.15) is 22.7 Å². The molecule has 0 saturated carbocycles. The van der Waals surface area contributed by atoms with Gasteiger partial charge < -0.3 is 14.5 Å². The lowest BCUT2D eigenvalue weighted by atomic mass is 10.1. The van der Waals surface area contributed by atoms with Gasteiger partial charge in [0.2, 0.25) is 21.8 Å². The van der Waals surface area contributed by atoms with Crippen LogP contribution in [0.25, 0.3) is 0 Å². The Balaban J connectivity index is 2.07. The average Bonchev–Trinajstić information content (AvgIpc) is 3.08. The lowest BCUT2D eigenvalue weighted by Crippen LogP contribution is -2.51. The van der Waals surface area contributed by atoms with Crippen molar-refractivity contribution in [2.45, 2.75) is 36.4 Å². The summed E-state index contributed by atoms with van der Waals surface area (Å²) in [5.41, 5.74) is 0. The zero-order valence-electron chi connectivity index (χ0n) is 15.2. The molecule has 2 amide bonds. The molecule has 2 aliphatic heterocycles. The summed E-state index contributed by atoms with van der Waals surface area (Å²) in [4.78, 5) is 28.4. The van der Waals surface area contributed by atoms with Crippen LogP contribution in [0, 0.1) is 0 Å². The Morgan fingerprint density at radius 3 is 2.38 bits per heavy atom. The molecule has 0 aliphatic carbocycles. The van der Waals surface area contributed by atoms with Gasteiger partial charge in [0, 0.05) is 20.6 Å². The molecule has 8 nitrogen and oxygen atoms in total. The zero-order chi connectivity index (χ0) is 19.2. The second-order valence-electron chi connectivity index (χ2n) is 6.64. The number of para-hydroxylation sites is 1. The summed E-state index contributed by atoms with van der Waals surface area (Å²) < 4.78 is 32.9. The monoisotopic (exact) mass is 381 g/mol. The Kier molecular flexibility index (Phi) is 4.70. The van der Waals surface area contributed by atoms with Gasteiger partial charge in [-0.2, -0.15) is 4.31 Å². The van der Waals surface area contributed by atoms with Crippen molar-refractivity contribution >= 4 is 21.8 Å². The molecule has 1 aromatic carbocycles. The predicted molar refractivity (Wildman–Crippen MR) is 94.1 cm³/mol. The fourth-order valence-corrected chi connectivity index (χ4v) is 5.48. The van der Waals surface area contributed by atoms with Crippen molar-refractivity contribution in [2.75, 3.05) is 27.7 Å². The van der Waals surface area contributed by atoms with Crippen LogP contribution < -0.4 is 4.74 Å². The highest BCUT2D eigenvalue weighted by Gasteiger charge is 2.52. The first kappa shape index (κ1) is 18.7. The summed E-state index contributed by atoms with van der Waals surface area (Å²) in [5.74, 6) is -0.329. The Morgan fingerprint density at radius 2 is 1.73 bits per heavy atom. The van der Waals surface area contributed by atoms with Crippen LogP contribution in [0.5, 0.6) is 5.75 Å². The van der Waals surface area contributed by atoms with Crippen molar-refractivity contribution in [2.24, 2.45) is 0 Å². The van der Waals surface area contributed by atoms with Crippen LogP contribution in [0.15, 0.2) is 29.2 Å². The van der Waals surface area contributed by atoms with E-state index >= 15 is 0 Å². The first-order valence-corrected chi connectivity index (χ1v) is 9.84. The van der Waals surface area contributed by atoms with E-state index < -0.39 is 28.1 Å². The van der Waals surface area contributed by atoms with Crippen molar-refractivity contribution in [3.05, 3.63) is 24.3 Å². The maximum absolute atomic E-state index is 13.3. The standard InChI is InChI=1S/C17H23N3O5S/c1-11-16(21)19(3)12-9-10-20(15(12)17(22)18(11)2)26(23,24)14-8-6-5-7-13(14)25-4/h5-8,11-12,15H,9-10H2,1-4H3/t11-,12+,15-/m0/s1. The molecule has 2 heterocycles. The summed E-state index contributed by atoms with van der Waals surface area (Å²) in [5, 5.41) is 0. The van der Waals surface area contributed by atoms with E-state index in [0.717, 1.165) is 0 Å². The molecule has 0 aromatic heterocycles. The third-order valence-corrected chi connectivity index (χ3v) is 7.28. The third kappa shape index (κ3) is 2.66. The van der Waals surface area contributed by atoms with Crippen molar-refractivity contribution in [1.29, 1.82) is 0 Å². The fourth-order valence-electron chi connectivity index (χ4n) is 3.69. The number of sulfonamides is 1. The number of benzene rings is 1. The molecule has 142 valence electrons. The number of rotatable bonds is 3. The van der Waals surface area contributed by atoms with Gasteiger partial charge in [-0.15, -0.1) is 0 Å². The van der Waals surface area contributed by atoms with Crippen LogP contribution in [0.2, 0.25) is 0 Å². The van der Waals surface area contributed by atoms with E-state index in [2.05, 4.69) is 0 Å². The van der Waals surface area contributed by atoms with Gasteiger partial charge in [0.15, 0.2) is 0 Å². The van der Waals surface area contributed by atoms with Crippen LogP contribution >= 0.6 is 0 Å². The number of ether oxygens (including phenoxy) is 1. The maximum Gasteiger partial charge on any atom is 0.247 e. The molecule has 0 N–H and O–H groups in total. The highest BCUT2D eigenvalue weighted by Crippen LogP contribution is 2.35. The number of hydrogen-bond donors (Lipinski definition) is 0. The Hall–Kier alpha value is -2.13. The second kappa shape index (κ2) is 6.55. The van der Waals surface area contributed by atoms with Crippen molar-refractivity contribution in [3.63, 3.8) is 0 Å². The van der Waals surface area contributed by atoms with Crippen LogP contribution in [-0.2, 0) is 19.6 Å². The number of nitrogens with zero attached hydrogens (tertiary/aromatic N) is 3. The average molecular weight is 381 g/mol. The topological polar surface area (TPSA) is 87.2 Å². The Morgan fingerprint density at radius 1 is 1.08 bits per heavy atom. The second-order valence-corrected chi connectivity index (χ2v) is 8.50. The minimum Gasteiger partial charge on any atom is -0.495 e. The zero-order valence-corrected chi connectivity index (χ0v) is 16.1. The molecule has 2 saturated heterocycles. The Labute approximate surface area is 153 Å². The van der Waals surface area contributed by atoms with E-state index in [1.807, 2.05) is 0 Å². The minimum absolute atomic E-state index is 0.0184. The van der Waals surface area contributed by atoms with Crippen LogP contribution in [-0.4, -0.2) is 80.2 Å². The Bertz CT molecular complexity index is 841. The summed E-state index contributed by atoms with van der Waals surface area (Å²) in [6.07, 6.45) is 0.410. The summed E-state index contributed by atoms with van der Waals surface area (Å²) >= 11 is 0. The molecule has 9 heteroatoms. The van der Waals surface area contributed by atoms with Gasteiger partial charge in [0.25, 0.3) is 0 Å². The quantitative estimate of drug-likeness (QED) is 0.744. The predicted octanol–water partition coefficient (Wildman–Crippen LogP) is 0.146. The number of amides is 2. The minimum atomic E-state index is -3.96. The molecule has 2 aliphatic rings. The lowest BCUT2D eigenvalue weighted by Gasteiger charge is -2.29. The van der Waals surface area contributed by atoms with E-state index in [0.29, 0.717) is 6.42 Å². The van der Waals surface area contributed by atoms with E-state index in [4.69, 9.17) is 4.74 Å². The molecule has 26 heavy (non-hydrogen) atoms. The highest BCUT2D eigenvalue weighted by molar-refractivity contribution is 7.89. The first-order valence-electron chi connectivity index (χ1n) is 8.40. The molecule has 0 spiro atoms. The molecule has 3 atom stereocenters. The van der Waals surface area contributed by atoms with Gasteiger partial charge in [-0.05, 0) is 25.5 Å². The number of likely N-dealkylation sites (N-methyl/N-ethyl adjacent to an activating group) is 2. The molecule has 0 bridgehead atoms. The summed E-state index contributed by atoms with van der Waals surface area (Å²) in [7, 11) is 0.605. The van der Waals surface area contributed by atoms with Crippen LogP contribution in [0.4, 0.5) is 0 Å². The lowest BCUT2D eigenvalue weighted by molar-refractivity contribution is -0.139. The first-order chi connectivity index (χ1) is 12.2. The molecule has 2 fully saturated rings. The van der Waals surface area contributed by atoms with E-state index in [-0.39, 0.29) is 29.0 Å². The van der Waals surface area contributed by atoms with Crippen molar-refractivity contribution < 1.29 is 22.7 Å². The van der Waals surface area contributed by atoms with Gasteiger partial charge in [-0.3, -0.25) is 9.59 Å². The molecule has 3 rings (SSSR count). The van der Waals surface area contributed by atoms with Gasteiger partial charge in [-0.25, -0.2) is 8.42 Å². The van der Waals surface area contributed by atoms with Gasteiger partial charge in [0.05, 0.1) is 13.2 Å². The highest BCUT2D eigenvalue weighted by atomic mass is 32.2. The molecule has 0 radical (unpaired) electrons. The third-order valence-electron chi connectivity index (χ3n) is 5.36. The van der Waals surface area contributed by atoms with Gasteiger partial charge >= 0.3 is 0 Å². The van der Waals surface area contributed by atoms with E-state index in [1.165, 1.54) is 34.3 Å². The maximum atomic E-state index is 13.3. The molecule has 0 unspecified atom stereocenters. The number of methoxy groups -OCH3 is 1. The summed E-state index contributed by atoms with van der Waals surface area (Å²) in [6.45, 7) is 1.82. The smallest absolute Gasteiger partial charge is 0.247 e. The number of carbonyl (C=O) groups is 2. The fraction of sp³-hybridized carbons (Fsp3) is 0.529. The molecule has 1 aromatic rings.